The Labute approximate surface area is 237 Å². The first-order chi connectivity index (χ1) is 19.0. The molecule has 39 heavy (non-hydrogen) atoms. The van der Waals surface area contributed by atoms with Crippen LogP contribution in [0.3, 0.4) is 0 Å². The van der Waals surface area contributed by atoms with Crippen LogP contribution in [0.15, 0.2) is 54.7 Å². The number of H-pyrrole nitrogens is 1. The quantitative estimate of drug-likeness (QED) is 0.278. The number of nitrogens with zero attached hydrogens (tertiary/aromatic N) is 2. The van der Waals surface area contributed by atoms with E-state index in [9.17, 15) is 0 Å². The fourth-order valence-corrected chi connectivity index (χ4v) is 4.94. The van der Waals surface area contributed by atoms with E-state index in [1.807, 2.05) is 61.6 Å². The normalized spacial score (nSPS) is 13.3. The maximum Gasteiger partial charge on any atom is 0.156 e. The first-order valence-corrected chi connectivity index (χ1v) is 14.9. The minimum atomic E-state index is 0.366. The second kappa shape index (κ2) is 17.2. The first-order valence-electron chi connectivity index (χ1n) is 14.9. The molecule has 1 aliphatic rings. The molecule has 2 heterocycles. The Morgan fingerprint density at radius 3 is 2.05 bits per heavy atom. The van der Waals surface area contributed by atoms with Crippen molar-refractivity contribution < 1.29 is 0 Å². The zero-order chi connectivity index (χ0) is 29.5. The van der Waals surface area contributed by atoms with Crippen LogP contribution in [0.4, 0.5) is 5.82 Å². The fraction of sp³-hybridized carbons (Fsp3) is 0.429. The summed E-state index contributed by atoms with van der Waals surface area (Å²) in [4.78, 5) is 3.29. The van der Waals surface area contributed by atoms with Crippen LogP contribution in [-0.4, -0.2) is 15.2 Å². The third kappa shape index (κ3) is 7.81. The van der Waals surface area contributed by atoms with Crippen molar-refractivity contribution in [2.24, 2.45) is 0 Å². The minimum absolute atomic E-state index is 0.366. The van der Waals surface area contributed by atoms with Gasteiger partial charge in [-0.1, -0.05) is 108 Å². The average molecular weight is 529 g/mol. The van der Waals surface area contributed by atoms with E-state index in [0.29, 0.717) is 12.5 Å². The predicted molar refractivity (Wildman–Crippen MR) is 174 cm³/mol. The maximum absolute atomic E-state index is 4.60. The molecule has 0 radical (unpaired) electrons. The Bertz CT molecular complexity index is 1400. The monoisotopic (exact) mass is 528 g/mol. The summed E-state index contributed by atoms with van der Waals surface area (Å²) in [5.74, 6) is 1.24. The molecule has 0 fully saturated rings. The van der Waals surface area contributed by atoms with Crippen LogP contribution in [0.2, 0.25) is 0 Å². The zero-order valence-corrected chi connectivity index (χ0v) is 26.6. The van der Waals surface area contributed by atoms with Gasteiger partial charge in [-0.05, 0) is 57.4 Å². The van der Waals surface area contributed by atoms with Crippen molar-refractivity contribution in [2.45, 2.75) is 102 Å². The van der Waals surface area contributed by atoms with E-state index in [0.717, 1.165) is 23.4 Å². The highest BCUT2D eigenvalue weighted by Crippen LogP contribution is 2.33. The van der Waals surface area contributed by atoms with Crippen molar-refractivity contribution >= 4 is 27.9 Å². The van der Waals surface area contributed by atoms with Gasteiger partial charge in [0.25, 0.3) is 0 Å². The van der Waals surface area contributed by atoms with E-state index >= 15 is 0 Å². The van der Waals surface area contributed by atoms with Crippen LogP contribution < -0.4 is 15.8 Å². The van der Waals surface area contributed by atoms with E-state index in [2.05, 4.69) is 96.7 Å². The van der Waals surface area contributed by atoms with Gasteiger partial charge in [0.15, 0.2) is 5.82 Å². The van der Waals surface area contributed by atoms with Crippen molar-refractivity contribution in [3.8, 4) is 0 Å². The number of anilines is 1. The highest BCUT2D eigenvalue weighted by Gasteiger charge is 2.22. The molecule has 4 nitrogen and oxygen atoms in total. The number of aromatic amines is 1. The molecule has 0 amide bonds. The molecule has 1 atom stereocenters. The number of aryl methyl sites for hydroxylation is 2. The lowest BCUT2D eigenvalue weighted by atomic mass is 9.81. The van der Waals surface area contributed by atoms with E-state index in [4.69, 9.17) is 0 Å². The van der Waals surface area contributed by atoms with E-state index in [1.54, 1.807) is 0 Å². The predicted octanol–water partition coefficient (Wildman–Crippen LogP) is 8.82. The van der Waals surface area contributed by atoms with Crippen molar-refractivity contribution in [3.63, 3.8) is 0 Å². The molecule has 5 rings (SSSR count). The average Bonchev–Trinajstić information content (AvgIpc) is 3.49. The maximum atomic E-state index is 4.60. The van der Waals surface area contributed by atoms with Crippen molar-refractivity contribution in [1.82, 2.24) is 15.2 Å². The molecule has 212 valence electrons. The molecule has 0 saturated heterocycles. The topological polar surface area (TPSA) is 53.6 Å². The molecule has 2 N–H and O–H groups in total. The van der Waals surface area contributed by atoms with Gasteiger partial charge in [-0.3, -0.25) is 0 Å². The molecular formula is C35H52N4. The molecule has 1 unspecified atom stereocenters. The third-order valence-electron chi connectivity index (χ3n) is 6.61. The second-order valence-corrected chi connectivity index (χ2v) is 8.72. The lowest BCUT2D eigenvalue weighted by molar-refractivity contribution is 0.839. The Morgan fingerprint density at radius 2 is 1.41 bits per heavy atom. The number of fused-ring (bicyclic) bond motifs is 2. The van der Waals surface area contributed by atoms with Crippen LogP contribution in [0.1, 0.15) is 104 Å². The third-order valence-corrected chi connectivity index (χ3v) is 6.61. The molecule has 2 aromatic carbocycles. The van der Waals surface area contributed by atoms with Gasteiger partial charge in [-0.15, -0.1) is 5.10 Å². The lowest BCUT2D eigenvalue weighted by Crippen LogP contribution is -2.40. The van der Waals surface area contributed by atoms with E-state index in [-0.39, 0.29) is 0 Å². The van der Waals surface area contributed by atoms with Crippen LogP contribution >= 0.6 is 0 Å². The van der Waals surface area contributed by atoms with Crippen molar-refractivity contribution in [3.05, 3.63) is 87.5 Å². The molecule has 2 aromatic heterocycles. The van der Waals surface area contributed by atoms with Crippen LogP contribution in [0, 0.1) is 13.8 Å². The zero-order valence-electron chi connectivity index (χ0n) is 26.6. The Morgan fingerprint density at radius 1 is 0.769 bits per heavy atom. The number of hydrogen-bond acceptors (Lipinski definition) is 3. The first kappa shape index (κ1) is 33.6. The van der Waals surface area contributed by atoms with Gasteiger partial charge < -0.3 is 10.3 Å². The second-order valence-electron chi connectivity index (χ2n) is 8.72. The Balaban J connectivity index is 0.000000874. The molecule has 4 heteroatoms. The molecule has 0 spiro atoms. The number of hydrogen-bond donors (Lipinski definition) is 2. The molecule has 0 saturated carbocycles. The van der Waals surface area contributed by atoms with Crippen molar-refractivity contribution in [1.29, 1.82) is 0 Å². The minimum Gasteiger partial charge on any atom is -0.364 e. The van der Waals surface area contributed by atoms with Crippen LogP contribution in [0.5, 0.6) is 0 Å². The molecule has 0 bridgehead atoms. The van der Waals surface area contributed by atoms with Crippen LogP contribution in [-0.2, 0) is 6.54 Å². The van der Waals surface area contributed by atoms with Gasteiger partial charge in [0, 0.05) is 40.0 Å². The number of aromatic nitrogens is 3. The van der Waals surface area contributed by atoms with Gasteiger partial charge in [-0.25, -0.2) is 0 Å². The summed E-state index contributed by atoms with van der Waals surface area (Å²) >= 11 is 0. The van der Waals surface area contributed by atoms with Gasteiger partial charge in [-0.2, -0.15) is 5.10 Å². The Hall–Kier alpha value is -3.40. The number of nitrogens with one attached hydrogen (secondary N) is 2. The number of benzene rings is 2. The highest BCUT2D eigenvalue weighted by molar-refractivity contribution is 5.83. The van der Waals surface area contributed by atoms with Crippen LogP contribution in [0.25, 0.3) is 22.0 Å². The highest BCUT2D eigenvalue weighted by atomic mass is 15.2. The summed E-state index contributed by atoms with van der Waals surface area (Å²) in [5.41, 5.74) is 8.82. The summed E-state index contributed by atoms with van der Waals surface area (Å²) < 4.78 is 0. The summed E-state index contributed by atoms with van der Waals surface area (Å²) in [7, 11) is 0. The van der Waals surface area contributed by atoms with E-state index < -0.39 is 0 Å². The summed E-state index contributed by atoms with van der Waals surface area (Å²) in [6, 6.07) is 17.4. The Kier molecular flexibility index (Phi) is 14.9. The fourth-order valence-electron chi connectivity index (χ4n) is 4.94. The summed E-state index contributed by atoms with van der Waals surface area (Å²) in [6.45, 7) is 25.4. The SMILES string of the molecule is CC.CC.CC.CC.CC1=c2c(C)nnc(NCc3cccc4[nH]ccc34)c2=C(C)C(c2ccc(C)cc2)C1. The number of rotatable bonds is 4. The molecular weight excluding hydrogens is 476 g/mol. The summed E-state index contributed by atoms with van der Waals surface area (Å²) in [5, 5.41) is 16.4. The molecule has 4 aromatic rings. The smallest absolute Gasteiger partial charge is 0.156 e. The van der Waals surface area contributed by atoms with Gasteiger partial charge in [0.2, 0.25) is 0 Å². The lowest BCUT2D eigenvalue weighted by Gasteiger charge is -2.25. The van der Waals surface area contributed by atoms with Crippen molar-refractivity contribution in [2.75, 3.05) is 5.32 Å². The largest absolute Gasteiger partial charge is 0.364 e. The van der Waals surface area contributed by atoms with Gasteiger partial charge >= 0.3 is 0 Å². The van der Waals surface area contributed by atoms with E-state index in [1.165, 1.54) is 43.7 Å². The molecule has 1 aliphatic carbocycles. The standard InChI is InChI=1S/C27H28N4.4C2H6/c1-16-8-10-20(11-9-16)23-14-17(2)25-19(4)30-31-27(26(25)18(23)3)29-15-21-6-5-7-24-22(21)12-13-28-24;4*1-2/h5-13,23,28H,14-15H2,1-4H3,(H,29,31);4*1-2H3. The van der Waals surface area contributed by atoms with Gasteiger partial charge in [0.1, 0.15) is 0 Å². The van der Waals surface area contributed by atoms with Gasteiger partial charge in [0.05, 0.1) is 5.69 Å². The molecule has 0 aliphatic heterocycles. The summed E-state index contributed by atoms with van der Waals surface area (Å²) in [6.07, 6.45) is 3.01.